The molecule has 1 aliphatic heterocycles. The molecule has 1 fully saturated rings. The van der Waals surface area contributed by atoms with Gasteiger partial charge < -0.3 is 4.90 Å². The van der Waals surface area contributed by atoms with Gasteiger partial charge in [-0.2, -0.15) is 5.10 Å². The number of nitrogens with one attached hydrogen (secondary N) is 1. The van der Waals surface area contributed by atoms with E-state index in [1.807, 2.05) is 18.3 Å². The maximum atomic E-state index is 5.40. The van der Waals surface area contributed by atoms with Gasteiger partial charge in [0.05, 0.1) is 0 Å². The summed E-state index contributed by atoms with van der Waals surface area (Å²) in [5.74, 6) is 0.856. The van der Waals surface area contributed by atoms with E-state index in [2.05, 4.69) is 43.6 Å². The van der Waals surface area contributed by atoms with Crippen LogP contribution < -0.4 is 0 Å². The lowest BCUT2D eigenvalue weighted by Gasteiger charge is -2.37. The first-order chi connectivity index (χ1) is 10.1. The second kappa shape index (κ2) is 6.05. The molecule has 0 radical (unpaired) electrons. The Morgan fingerprint density at radius 1 is 1.38 bits per heavy atom. The molecule has 1 unspecified atom stereocenters. The Morgan fingerprint density at radius 3 is 3.00 bits per heavy atom. The zero-order valence-electron chi connectivity index (χ0n) is 12.4. The Hall–Kier alpha value is -1.57. The van der Waals surface area contributed by atoms with Gasteiger partial charge in [0.1, 0.15) is 0 Å². The van der Waals surface area contributed by atoms with Crippen LogP contribution in [-0.4, -0.2) is 69.3 Å². The fraction of sp³-hybridized carbons (Fsp3) is 0.500. The lowest BCUT2D eigenvalue weighted by Crippen LogP contribution is -2.51. The molecule has 7 heteroatoms. The smallest absolute Gasteiger partial charge is 0.195 e. The van der Waals surface area contributed by atoms with Crippen LogP contribution >= 0.6 is 12.2 Å². The molecule has 0 bridgehead atoms. The number of aromatic amines is 1. The van der Waals surface area contributed by atoms with Crippen molar-refractivity contribution in [3.8, 4) is 11.4 Å². The molecule has 0 spiro atoms. The van der Waals surface area contributed by atoms with Crippen LogP contribution in [0.25, 0.3) is 11.4 Å². The van der Waals surface area contributed by atoms with Crippen LogP contribution in [0.15, 0.2) is 24.5 Å². The summed E-state index contributed by atoms with van der Waals surface area (Å²) in [5.41, 5.74) is 0.983. The quantitative estimate of drug-likeness (QED) is 0.865. The van der Waals surface area contributed by atoms with Crippen molar-refractivity contribution in [2.24, 2.45) is 0 Å². The van der Waals surface area contributed by atoms with Crippen LogP contribution in [0.5, 0.6) is 0 Å². The predicted octanol–water partition coefficient (Wildman–Crippen LogP) is 1.25. The minimum atomic E-state index is 0.434. The number of likely N-dealkylation sites (N-methyl/N-ethyl adjacent to an activating group) is 2. The SMILES string of the molecule is CN1CCN(C)C(Cn2c(-c3cccnc3)n[nH]c2=S)C1. The number of pyridine rings is 1. The number of H-pyrrole nitrogens is 1. The molecule has 112 valence electrons. The van der Waals surface area contributed by atoms with Crippen LogP contribution in [0.3, 0.4) is 0 Å². The fourth-order valence-electron chi connectivity index (χ4n) is 2.71. The highest BCUT2D eigenvalue weighted by atomic mass is 32.1. The first-order valence-electron chi connectivity index (χ1n) is 7.09. The third-order valence-electron chi connectivity index (χ3n) is 4.05. The van der Waals surface area contributed by atoms with Crippen LogP contribution in [0.4, 0.5) is 0 Å². The molecule has 0 amide bonds. The van der Waals surface area contributed by atoms with Gasteiger partial charge in [-0.3, -0.25) is 19.5 Å². The third kappa shape index (κ3) is 3.04. The summed E-state index contributed by atoms with van der Waals surface area (Å²) in [5, 5.41) is 7.28. The summed E-state index contributed by atoms with van der Waals surface area (Å²) in [4.78, 5) is 8.92. The van der Waals surface area contributed by atoms with Crippen molar-refractivity contribution < 1.29 is 0 Å². The summed E-state index contributed by atoms with van der Waals surface area (Å²) in [7, 11) is 4.34. The van der Waals surface area contributed by atoms with E-state index in [9.17, 15) is 0 Å². The predicted molar refractivity (Wildman–Crippen MR) is 84.6 cm³/mol. The first-order valence-corrected chi connectivity index (χ1v) is 7.50. The minimum absolute atomic E-state index is 0.434. The molecule has 21 heavy (non-hydrogen) atoms. The van der Waals surface area contributed by atoms with Crippen molar-refractivity contribution in [2.75, 3.05) is 33.7 Å². The molecule has 0 saturated carbocycles. The van der Waals surface area contributed by atoms with Gasteiger partial charge in [-0.25, -0.2) is 0 Å². The minimum Gasteiger partial charge on any atom is -0.303 e. The van der Waals surface area contributed by atoms with Gasteiger partial charge in [-0.05, 0) is 38.4 Å². The van der Waals surface area contributed by atoms with Crippen molar-refractivity contribution in [3.63, 3.8) is 0 Å². The molecule has 2 aromatic heterocycles. The van der Waals surface area contributed by atoms with E-state index in [0.29, 0.717) is 10.8 Å². The fourth-order valence-corrected chi connectivity index (χ4v) is 2.92. The molecule has 1 saturated heterocycles. The average molecular weight is 304 g/mol. The molecule has 6 nitrogen and oxygen atoms in total. The van der Waals surface area contributed by atoms with Crippen molar-refractivity contribution in [1.82, 2.24) is 29.5 Å². The van der Waals surface area contributed by atoms with Gasteiger partial charge in [-0.15, -0.1) is 0 Å². The Morgan fingerprint density at radius 2 is 2.24 bits per heavy atom. The summed E-state index contributed by atoms with van der Waals surface area (Å²) < 4.78 is 2.74. The van der Waals surface area contributed by atoms with E-state index in [1.54, 1.807) is 6.20 Å². The number of rotatable bonds is 3. The van der Waals surface area contributed by atoms with Crippen molar-refractivity contribution in [3.05, 3.63) is 29.3 Å². The normalized spacial score (nSPS) is 20.8. The Kier molecular flexibility index (Phi) is 4.14. The van der Waals surface area contributed by atoms with Gasteiger partial charge in [0.2, 0.25) is 0 Å². The second-order valence-electron chi connectivity index (χ2n) is 5.60. The lowest BCUT2D eigenvalue weighted by molar-refractivity contribution is 0.103. The van der Waals surface area contributed by atoms with Crippen LogP contribution in [0.1, 0.15) is 0 Å². The molecule has 1 atom stereocenters. The summed E-state index contributed by atoms with van der Waals surface area (Å²) in [6.07, 6.45) is 3.58. The molecular weight excluding hydrogens is 284 g/mol. The average Bonchev–Trinajstić information content (AvgIpc) is 2.85. The van der Waals surface area contributed by atoms with Gasteiger partial charge in [0, 0.05) is 50.2 Å². The van der Waals surface area contributed by atoms with E-state index in [4.69, 9.17) is 12.2 Å². The monoisotopic (exact) mass is 304 g/mol. The van der Waals surface area contributed by atoms with Crippen LogP contribution in [-0.2, 0) is 6.54 Å². The second-order valence-corrected chi connectivity index (χ2v) is 5.99. The number of piperazine rings is 1. The maximum absolute atomic E-state index is 5.40. The van der Waals surface area contributed by atoms with Crippen LogP contribution in [0.2, 0.25) is 0 Å². The van der Waals surface area contributed by atoms with E-state index in [0.717, 1.165) is 37.6 Å². The van der Waals surface area contributed by atoms with Crippen LogP contribution in [0, 0.1) is 4.77 Å². The van der Waals surface area contributed by atoms with E-state index < -0.39 is 0 Å². The zero-order chi connectivity index (χ0) is 14.8. The Bertz CT molecular complexity index is 649. The van der Waals surface area contributed by atoms with Gasteiger partial charge in [-0.1, -0.05) is 0 Å². The summed E-state index contributed by atoms with van der Waals surface area (Å²) >= 11 is 5.40. The zero-order valence-corrected chi connectivity index (χ0v) is 13.2. The molecule has 2 aromatic rings. The summed E-state index contributed by atoms with van der Waals surface area (Å²) in [6, 6.07) is 4.35. The van der Waals surface area contributed by atoms with Gasteiger partial charge in [0.15, 0.2) is 10.6 Å². The lowest BCUT2D eigenvalue weighted by atomic mass is 10.2. The van der Waals surface area contributed by atoms with Crippen molar-refractivity contribution >= 4 is 12.2 Å². The highest BCUT2D eigenvalue weighted by Crippen LogP contribution is 2.18. The highest BCUT2D eigenvalue weighted by molar-refractivity contribution is 7.71. The largest absolute Gasteiger partial charge is 0.303 e. The molecule has 3 heterocycles. The van der Waals surface area contributed by atoms with E-state index in [1.165, 1.54) is 0 Å². The summed E-state index contributed by atoms with van der Waals surface area (Å²) in [6.45, 7) is 4.06. The number of hydrogen-bond donors (Lipinski definition) is 1. The Labute approximate surface area is 129 Å². The van der Waals surface area contributed by atoms with E-state index >= 15 is 0 Å². The maximum Gasteiger partial charge on any atom is 0.195 e. The highest BCUT2D eigenvalue weighted by Gasteiger charge is 2.24. The molecule has 1 aliphatic rings. The number of nitrogens with zero attached hydrogens (tertiary/aromatic N) is 5. The van der Waals surface area contributed by atoms with Crippen molar-refractivity contribution in [2.45, 2.75) is 12.6 Å². The topological polar surface area (TPSA) is 53.0 Å². The van der Waals surface area contributed by atoms with Gasteiger partial charge in [0.25, 0.3) is 0 Å². The first kappa shape index (κ1) is 14.4. The van der Waals surface area contributed by atoms with E-state index in [-0.39, 0.29) is 0 Å². The standard InChI is InChI=1S/C14H20N6S/c1-18-6-7-19(2)12(9-18)10-20-13(16-17-14(20)21)11-4-3-5-15-8-11/h3-5,8,12H,6-7,9-10H2,1-2H3,(H,17,21). The van der Waals surface area contributed by atoms with Crippen molar-refractivity contribution in [1.29, 1.82) is 0 Å². The number of hydrogen-bond acceptors (Lipinski definition) is 5. The Balaban J connectivity index is 1.89. The third-order valence-corrected chi connectivity index (χ3v) is 4.36. The molecule has 0 aromatic carbocycles. The molecule has 3 rings (SSSR count). The molecular formula is C14H20N6S. The molecule has 0 aliphatic carbocycles. The van der Waals surface area contributed by atoms with Gasteiger partial charge >= 0.3 is 0 Å². The molecule has 1 N–H and O–H groups in total. The number of aromatic nitrogens is 4.